The molecule has 0 radical (unpaired) electrons. The van der Waals surface area contributed by atoms with Crippen molar-refractivity contribution in [3.05, 3.63) is 136 Å². The number of para-hydroxylation sites is 1. The molecule has 0 saturated heterocycles. The van der Waals surface area contributed by atoms with Gasteiger partial charge in [-0.1, -0.05) is 49.4 Å². The first-order valence-corrected chi connectivity index (χ1v) is 18.0. The lowest BCUT2D eigenvalue weighted by Crippen LogP contribution is -2.30. The molecule has 13 heteroatoms. The second-order valence-corrected chi connectivity index (χ2v) is 13.8. The lowest BCUT2D eigenvalue weighted by molar-refractivity contribution is -0.116. The van der Waals surface area contributed by atoms with Crippen LogP contribution in [0.4, 0.5) is 16.4 Å². The van der Waals surface area contributed by atoms with E-state index in [4.69, 9.17) is 4.74 Å². The van der Waals surface area contributed by atoms with Crippen molar-refractivity contribution in [2.75, 3.05) is 23.1 Å². The number of phenolic OH excluding ortho intramolecular Hbond substituents is 1. The number of carbonyl (C=O) groups is 4. The number of nitrogens with zero attached hydrogens (tertiary/aromatic N) is 1. The van der Waals surface area contributed by atoms with Crippen molar-refractivity contribution in [2.45, 2.75) is 30.4 Å². The molecular weight excluding hydrogens is 711 g/mol. The molecule has 5 N–H and O–H groups in total. The summed E-state index contributed by atoms with van der Waals surface area (Å²) in [7, 11) is 1.42. The molecule has 0 spiro atoms. The number of nitrogens with one attached hydrogen (secondary N) is 4. The van der Waals surface area contributed by atoms with Crippen LogP contribution in [0.3, 0.4) is 0 Å². The van der Waals surface area contributed by atoms with Gasteiger partial charge in [0.1, 0.15) is 28.3 Å². The zero-order valence-corrected chi connectivity index (χ0v) is 30.6. The zero-order chi connectivity index (χ0) is 37.9. The van der Waals surface area contributed by atoms with Crippen LogP contribution in [-0.4, -0.2) is 41.1 Å². The number of nitriles is 1. The van der Waals surface area contributed by atoms with Crippen molar-refractivity contribution in [2.24, 2.45) is 0 Å². The molecule has 0 aliphatic carbocycles. The minimum Gasteiger partial charge on any atom is -0.508 e. The lowest BCUT2D eigenvalue weighted by Gasteiger charge is -2.16. The van der Waals surface area contributed by atoms with E-state index in [1.165, 1.54) is 37.1 Å². The Morgan fingerprint density at radius 2 is 1.58 bits per heavy atom. The molecule has 0 aliphatic rings. The van der Waals surface area contributed by atoms with Gasteiger partial charge in [0.15, 0.2) is 0 Å². The predicted molar refractivity (Wildman–Crippen MR) is 208 cm³/mol. The summed E-state index contributed by atoms with van der Waals surface area (Å²) in [6.07, 6.45) is 1.89. The van der Waals surface area contributed by atoms with Gasteiger partial charge in [0, 0.05) is 33.5 Å². The third kappa shape index (κ3) is 9.70. The fourth-order valence-corrected chi connectivity index (χ4v) is 7.17. The van der Waals surface area contributed by atoms with Crippen LogP contribution in [0.5, 0.6) is 11.5 Å². The first kappa shape index (κ1) is 37.9. The third-order valence-electron chi connectivity index (χ3n) is 7.81. The monoisotopic (exact) mass is 745 g/mol. The summed E-state index contributed by atoms with van der Waals surface area (Å²) >= 11 is 2.31. The highest BCUT2D eigenvalue weighted by molar-refractivity contribution is 8.00. The van der Waals surface area contributed by atoms with E-state index in [0.29, 0.717) is 44.3 Å². The number of hydrogen-bond donors (Lipinski definition) is 5. The molecule has 0 aliphatic heterocycles. The van der Waals surface area contributed by atoms with Crippen LogP contribution in [0.25, 0.3) is 6.08 Å². The van der Waals surface area contributed by atoms with Gasteiger partial charge in [0.2, 0.25) is 5.91 Å². The number of thiophene rings is 1. The maximum absolute atomic E-state index is 13.7. The van der Waals surface area contributed by atoms with Gasteiger partial charge in [0.25, 0.3) is 17.7 Å². The maximum Gasteiger partial charge on any atom is 0.272 e. The summed E-state index contributed by atoms with van der Waals surface area (Å²) in [5.74, 6) is -1.60. The number of thioether (sulfide) groups is 1. The van der Waals surface area contributed by atoms with Gasteiger partial charge in [-0.3, -0.25) is 19.2 Å². The minimum atomic E-state index is -0.624. The second-order valence-electron chi connectivity index (χ2n) is 11.5. The minimum absolute atomic E-state index is 0.0290. The number of methoxy groups -OCH3 is 1. The molecule has 0 saturated carbocycles. The molecule has 1 heterocycles. The Kier molecular flexibility index (Phi) is 12.7. The summed E-state index contributed by atoms with van der Waals surface area (Å²) in [6.45, 7) is 3.53. The van der Waals surface area contributed by atoms with Crippen LogP contribution in [0.2, 0.25) is 0 Å². The fourth-order valence-electron chi connectivity index (χ4n) is 5.10. The van der Waals surface area contributed by atoms with Crippen molar-refractivity contribution in [1.29, 1.82) is 5.26 Å². The third-order valence-corrected chi connectivity index (χ3v) is 10.4. The van der Waals surface area contributed by atoms with E-state index in [-0.39, 0.29) is 39.6 Å². The van der Waals surface area contributed by atoms with Gasteiger partial charge in [-0.15, -0.1) is 23.1 Å². The first-order chi connectivity index (χ1) is 25.6. The van der Waals surface area contributed by atoms with Crippen LogP contribution < -0.4 is 26.0 Å². The molecular formula is C40H35N5O6S2. The molecule has 53 heavy (non-hydrogen) atoms. The highest BCUT2D eigenvalue weighted by Gasteiger charge is 2.25. The van der Waals surface area contributed by atoms with Crippen molar-refractivity contribution >= 4 is 69.2 Å². The predicted octanol–water partition coefficient (Wildman–Crippen LogP) is 7.81. The van der Waals surface area contributed by atoms with Crippen LogP contribution in [0.1, 0.15) is 50.1 Å². The molecule has 5 aromatic rings. The lowest BCUT2D eigenvalue weighted by atomic mass is 10.1. The molecule has 268 valence electrons. The van der Waals surface area contributed by atoms with Crippen LogP contribution in [0.15, 0.2) is 114 Å². The number of hydrogen-bond acceptors (Lipinski definition) is 9. The van der Waals surface area contributed by atoms with Gasteiger partial charge in [-0.2, -0.15) is 5.26 Å². The van der Waals surface area contributed by atoms with E-state index in [1.807, 2.05) is 13.0 Å². The smallest absolute Gasteiger partial charge is 0.272 e. The molecule has 1 atom stereocenters. The van der Waals surface area contributed by atoms with Crippen molar-refractivity contribution in [1.82, 2.24) is 5.32 Å². The number of benzene rings is 4. The van der Waals surface area contributed by atoms with E-state index < -0.39 is 17.1 Å². The number of phenols is 1. The average Bonchev–Trinajstić information content (AvgIpc) is 3.48. The molecule has 0 bridgehead atoms. The largest absolute Gasteiger partial charge is 0.508 e. The maximum atomic E-state index is 13.7. The normalized spacial score (nSPS) is 11.5. The van der Waals surface area contributed by atoms with Crippen molar-refractivity contribution in [3.8, 4) is 17.6 Å². The fraction of sp³-hybridized carbons (Fsp3) is 0.125. The summed E-state index contributed by atoms with van der Waals surface area (Å²) in [5.41, 5.74) is 2.41. The second kappa shape index (κ2) is 17.7. The topological polar surface area (TPSA) is 170 Å². The summed E-state index contributed by atoms with van der Waals surface area (Å²) in [4.78, 5) is 54.4. The summed E-state index contributed by atoms with van der Waals surface area (Å²) in [6, 6.07) is 30.8. The average molecular weight is 746 g/mol. The van der Waals surface area contributed by atoms with E-state index in [2.05, 4.69) is 27.3 Å². The molecule has 4 aromatic carbocycles. The van der Waals surface area contributed by atoms with Gasteiger partial charge in [-0.05, 0) is 79.6 Å². The van der Waals surface area contributed by atoms with E-state index in [1.54, 1.807) is 91.9 Å². The molecule has 11 nitrogen and oxygen atoms in total. The SMILES string of the molecule is CCC(Sc1cccc(NC(=O)/C(=C\c2ccc(O)cc2OC)NC(=O)c2ccccc2)c1)C(=O)Nc1sc(C(=O)Nc2ccccc2)c(C)c1C#N. The number of anilines is 3. The summed E-state index contributed by atoms with van der Waals surface area (Å²) in [5, 5.41) is 30.7. The Hall–Kier alpha value is -6.36. The van der Waals surface area contributed by atoms with Crippen LogP contribution in [-0.2, 0) is 9.59 Å². The quantitative estimate of drug-likeness (QED) is 0.0600. The van der Waals surface area contributed by atoms with Crippen LogP contribution >= 0.6 is 23.1 Å². The number of rotatable bonds is 13. The molecule has 0 fully saturated rings. The zero-order valence-electron chi connectivity index (χ0n) is 28.9. The van der Waals surface area contributed by atoms with Crippen molar-refractivity contribution < 1.29 is 29.0 Å². The van der Waals surface area contributed by atoms with Gasteiger partial charge < -0.3 is 31.1 Å². The van der Waals surface area contributed by atoms with E-state index in [0.717, 1.165) is 11.3 Å². The Morgan fingerprint density at radius 1 is 0.887 bits per heavy atom. The highest BCUT2D eigenvalue weighted by Crippen LogP contribution is 2.35. The molecule has 1 unspecified atom stereocenters. The standard InChI is InChI=1S/C40H35N5O6S2/c1-4-34(38(49)45-40-31(23-41)24(2)35(53-40)39(50)42-27-14-9-6-10-15-27)52-30-17-11-16-28(21-30)43-37(48)32(44-36(47)25-12-7-5-8-13-25)20-26-18-19-29(46)22-33(26)51-3/h5-22,34,46H,4H2,1-3H3,(H,42,50)(H,43,48)(H,44,47)(H,45,49)/b32-20+. The van der Waals surface area contributed by atoms with Gasteiger partial charge in [-0.25, -0.2) is 0 Å². The van der Waals surface area contributed by atoms with Crippen molar-refractivity contribution in [3.63, 3.8) is 0 Å². The van der Waals surface area contributed by atoms with E-state index >= 15 is 0 Å². The number of carbonyl (C=O) groups excluding carboxylic acids is 4. The number of aromatic hydroxyl groups is 1. The Labute approximate surface area is 314 Å². The Bertz CT molecular complexity index is 2210. The number of amides is 4. The Balaban J connectivity index is 1.32. The first-order valence-electron chi connectivity index (χ1n) is 16.3. The molecule has 1 aromatic heterocycles. The summed E-state index contributed by atoms with van der Waals surface area (Å²) < 4.78 is 5.37. The van der Waals surface area contributed by atoms with Gasteiger partial charge in [0.05, 0.1) is 22.8 Å². The number of ether oxygens (including phenoxy) is 1. The highest BCUT2D eigenvalue weighted by atomic mass is 32.2. The van der Waals surface area contributed by atoms with E-state index in [9.17, 15) is 29.5 Å². The Morgan fingerprint density at radius 3 is 2.26 bits per heavy atom. The molecule has 4 amide bonds. The molecule has 5 rings (SSSR count). The van der Waals surface area contributed by atoms with Crippen LogP contribution in [0, 0.1) is 18.3 Å². The van der Waals surface area contributed by atoms with Gasteiger partial charge >= 0.3 is 0 Å².